The summed E-state index contributed by atoms with van der Waals surface area (Å²) in [6.07, 6.45) is 1.62. The Hall–Kier alpha value is -2.90. The summed E-state index contributed by atoms with van der Waals surface area (Å²) in [5, 5.41) is 4.01. The molecule has 0 atom stereocenters. The van der Waals surface area contributed by atoms with E-state index in [1.54, 1.807) is 7.11 Å². The molecule has 2 aromatic rings. The molecule has 2 heterocycles. The second kappa shape index (κ2) is 9.28. The highest BCUT2D eigenvalue weighted by Crippen LogP contribution is 2.21. The fraction of sp³-hybridized carbons (Fsp3) is 0.545. The van der Waals surface area contributed by atoms with Gasteiger partial charge in [-0.1, -0.05) is 25.9 Å². The van der Waals surface area contributed by atoms with E-state index in [-0.39, 0.29) is 17.2 Å². The first-order valence-corrected chi connectivity index (χ1v) is 10.3. The van der Waals surface area contributed by atoms with Crippen LogP contribution in [0.5, 0.6) is 5.75 Å². The quantitative estimate of drug-likeness (QED) is 0.722. The molecule has 1 aliphatic heterocycles. The van der Waals surface area contributed by atoms with Gasteiger partial charge in [0.1, 0.15) is 5.75 Å². The maximum absolute atomic E-state index is 12.5. The fourth-order valence-electron chi connectivity index (χ4n) is 3.40. The Labute approximate surface area is 177 Å². The van der Waals surface area contributed by atoms with Gasteiger partial charge in [0.25, 0.3) is 0 Å². The van der Waals surface area contributed by atoms with E-state index in [0.29, 0.717) is 57.2 Å². The molecule has 1 fully saturated rings. The van der Waals surface area contributed by atoms with Crippen LogP contribution in [0.25, 0.3) is 11.4 Å². The van der Waals surface area contributed by atoms with Crippen LogP contribution in [-0.4, -0.2) is 65.0 Å². The van der Waals surface area contributed by atoms with Gasteiger partial charge in [-0.25, -0.2) is 0 Å². The van der Waals surface area contributed by atoms with Gasteiger partial charge in [-0.2, -0.15) is 4.98 Å². The van der Waals surface area contributed by atoms with Crippen LogP contribution < -0.4 is 4.74 Å². The van der Waals surface area contributed by atoms with Crippen LogP contribution in [0.15, 0.2) is 28.8 Å². The smallest absolute Gasteiger partial charge is 0.228 e. The molecule has 0 radical (unpaired) electrons. The lowest BCUT2D eigenvalue weighted by Crippen LogP contribution is -2.53. The highest BCUT2D eigenvalue weighted by Gasteiger charge is 2.30. The Bertz CT molecular complexity index is 862. The third kappa shape index (κ3) is 5.37. The maximum atomic E-state index is 12.5. The minimum Gasteiger partial charge on any atom is -0.497 e. The zero-order chi connectivity index (χ0) is 21.7. The van der Waals surface area contributed by atoms with Crippen molar-refractivity contribution in [2.45, 2.75) is 40.0 Å². The van der Waals surface area contributed by atoms with Gasteiger partial charge in [-0.05, 0) is 30.7 Å². The predicted octanol–water partition coefficient (Wildman–Crippen LogP) is 2.78. The van der Waals surface area contributed by atoms with E-state index in [2.05, 4.69) is 10.1 Å². The van der Waals surface area contributed by atoms with Gasteiger partial charge >= 0.3 is 0 Å². The molecule has 2 amide bonds. The van der Waals surface area contributed by atoms with Gasteiger partial charge < -0.3 is 19.1 Å². The SMILES string of the molecule is COc1ccc(-c2noc(CCCC(=O)N3CCN(C(=O)C(C)(C)C)CC3)n2)cc1. The summed E-state index contributed by atoms with van der Waals surface area (Å²) in [6.45, 7) is 8.12. The summed E-state index contributed by atoms with van der Waals surface area (Å²) in [7, 11) is 1.62. The molecule has 162 valence electrons. The van der Waals surface area contributed by atoms with Crippen molar-refractivity contribution in [1.82, 2.24) is 19.9 Å². The van der Waals surface area contributed by atoms with Gasteiger partial charge in [0.15, 0.2) is 0 Å². The Morgan fingerprint density at radius 1 is 1.07 bits per heavy atom. The Kier molecular flexibility index (Phi) is 6.74. The Morgan fingerprint density at radius 3 is 2.30 bits per heavy atom. The van der Waals surface area contributed by atoms with Crippen molar-refractivity contribution in [3.8, 4) is 17.1 Å². The number of hydrogen-bond acceptors (Lipinski definition) is 6. The first kappa shape index (κ1) is 21.8. The zero-order valence-corrected chi connectivity index (χ0v) is 18.2. The van der Waals surface area contributed by atoms with Crippen LogP contribution in [0, 0.1) is 5.41 Å². The van der Waals surface area contributed by atoms with E-state index in [9.17, 15) is 9.59 Å². The third-order valence-electron chi connectivity index (χ3n) is 5.16. The van der Waals surface area contributed by atoms with Gasteiger partial charge in [-0.15, -0.1) is 0 Å². The lowest BCUT2D eigenvalue weighted by Gasteiger charge is -2.37. The zero-order valence-electron chi connectivity index (χ0n) is 18.2. The van der Waals surface area contributed by atoms with Gasteiger partial charge in [0.2, 0.25) is 23.5 Å². The number of nitrogens with zero attached hydrogens (tertiary/aromatic N) is 4. The molecule has 0 aliphatic carbocycles. The van der Waals surface area contributed by atoms with Gasteiger partial charge in [-0.3, -0.25) is 9.59 Å². The lowest BCUT2D eigenvalue weighted by atomic mass is 9.94. The molecule has 1 aliphatic rings. The van der Waals surface area contributed by atoms with E-state index in [1.807, 2.05) is 54.8 Å². The number of aryl methyl sites for hydroxylation is 1. The van der Waals surface area contributed by atoms with Gasteiger partial charge in [0, 0.05) is 50.0 Å². The Morgan fingerprint density at radius 2 is 1.70 bits per heavy atom. The summed E-state index contributed by atoms with van der Waals surface area (Å²) in [6, 6.07) is 7.44. The van der Waals surface area contributed by atoms with Gasteiger partial charge in [0.05, 0.1) is 7.11 Å². The number of piperazine rings is 1. The van der Waals surface area contributed by atoms with Crippen LogP contribution in [0.3, 0.4) is 0 Å². The van der Waals surface area contributed by atoms with Crippen molar-refractivity contribution in [3.63, 3.8) is 0 Å². The molecular weight excluding hydrogens is 384 g/mol. The van der Waals surface area contributed by atoms with Crippen LogP contribution in [0.1, 0.15) is 39.5 Å². The average molecular weight is 415 g/mol. The number of aromatic nitrogens is 2. The standard InChI is InChI=1S/C22H30N4O4/c1-22(2,3)21(28)26-14-12-25(13-15-26)19(27)7-5-6-18-23-20(24-30-18)16-8-10-17(29-4)11-9-16/h8-11H,5-7,12-15H2,1-4H3. The molecule has 0 bridgehead atoms. The van der Waals surface area contributed by atoms with Crippen molar-refractivity contribution in [2.75, 3.05) is 33.3 Å². The molecular formula is C22H30N4O4. The molecule has 8 nitrogen and oxygen atoms in total. The van der Waals surface area contributed by atoms with E-state index < -0.39 is 0 Å². The first-order valence-electron chi connectivity index (χ1n) is 10.3. The lowest BCUT2D eigenvalue weighted by molar-refractivity contribution is -0.145. The maximum Gasteiger partial charge on any atom is 0.228 e. The van der Waals surface area contributed by atoms with E-state index in [0.717, 1.165) is 11.3 Å². The number of methoxy groups -OCH3 is 1. The molecule has 30 heavy (non-hydrogen) atoms. The summed E-state index contributed by atoms with van der Waals surface area (Å²) < 4.78 is 10.5. The van der Waals surface area contributed by atoms with Crippen molar-refractivity contribution < 1.29 is 18.8 Å². The molecule has 0 N–H and O–H groups in total. The highest BCUT2D eigenvalue weighted by molar-refractivity contribution is 5.82. The predicted molar refractivity (Wildman–Crippen MR) is 112 cm³/mol. The van der Waals surface area contributed by atoms with Crippen LogP contribution >= 0.6 is 0 Å². The number of hydrogen-bond donors (Lipinski definition) is 0. The van der Waals surface area contributed by atoms with Crippen molar-refractivity contribution >= 4 is 11.8 Å². The summed E-state index contributed by atoms with van der Waals surface area (Å²) in [5.41, 5.74) is 0.463. The molecule has 1 saturated heterocycles. The molecule has 3 rings (SSSR count). The van der Waals surface area contributed by atoms with Crippen LogP contribution in [0.4, 0.5) is 0 Å². The molecule has 0 unspecified atom stereocenters. The second-order valence-corrected chi connectivity index (χ2v) is 8.52. The molecule has 1 aromatic heterocycles. The minimum absolute atomic E-state index is 0.104. The molecule has 0 spiro atoms. The summed E-state index contributed by atoms with van der Waals surface area (Å²) >= 11 is 0. The molecule has 1 aromatic carbocycles. The summed E-state index contributed by atoms with van der Waals surface area (Å²) in [5.74, 6) is 2.06. The molecule has 0 saturated carbocycles. The van der Waals surface area contributed by atoms with Crippen molar-refractivity contribution in [3.05, 3.63) is 30.2 Å². The fourth-order valence-corrected chi connectivity index (χ4v) is 3.40. The minimum atomic E-state index is -0.388. The van der Waals surface area contributed by atoms with Crippen molar-refractivity contribution in [1.29, 1.82) is 0 Å². The summed E-state index contributed by atoms with van der Waals surface area (Å²) in [4.78, 5) is 32.9. The third-order valence-corrected chi connectivity index (χ3v) is 5.16. The average Bonchev–Trinajstić information content (AvgIpc) is 3.21. The number of amides is 2. The van der Waals surface area contributed by atoms with Crippen molar-refractivity contribution in [2.24, 2.45) is 5.41 Å². The first-order chi connectivity index (χ1) is 14.3. The second-order valence-electron chi connectivity index (χ2n) is 8.52. The number of carbonyl (C=O) groups is 2. The largest absolute Gasteiger partial charge is 0.497 e. The van der Waals surface area contributed by atoms with E-state index in [4.69, 9.17) is 9.26 Å². The topological polar surface area (TPSA) is 88.8 Å². The van der Waals surface area contributed by atoms with Crippen LogP contribution in [0.2, 0.25) is 0 Å². The number of benzene rings is 1. The van der Waals surface area contributed by atoms with Crippen LogP contribution in [-0.2, 0) is 16.0 Å². The monoisotopic (exact) mass is 414 g/mol. The molecule has 8 heteroatoms. The highest BCUT2D eigenvalue weighted by atomic mass is 16.5. The normalized spacial score (nSPS) is 14.7. The number of carbonyl (C=O) groups excluding carboxylic acids is 2. The Balaban J connectivity index is 1.43. The van der Waals surface area contributed by atoms with E-state index >= 15 is 0 Å². The number of ether oxygens (including phenoxy) is 1. The van der Waals surface area contributed by atoms with E-state index in [1.165, 1.54) is 0 Å². The number of rotatable bonds is 6.